The number of benzene rings is 2. The Morgan fingerprint density at radius 2 is 1.76 bits per heavy atom. The van der Waals surface area contributed by atoms with Crippen molar-refractivity contribution >= 4 is 58.0 Å². The van der Waals surface area contributed by atoms with Crippen molar-refractivity contribution in [2.75, 3.05) is 44.7 Å². The van der Waals surface area contributed by atoms with Crippen LogP contribution in [0, 0.1) is 0 Å². The standard InChI is InChI=1S/C31H36Cl2N4O4S/c1-41-30(39)11-10-29(38)35-27(19-22-8-9-24(32)20-26(22)33)31(40)37-16-14-36(15-17-37)28-7-3-2-5-23(28)21-34-13-12-25-6-4-18-42-25/h2-9,18,20,27,34H,10-17,19,21H2,1H3,(H,35,38)/t27-/m1/s1. The first-order valence-electron chi connectivity index (χ1n) is 14.0. The Kier molecular flexibility index (Phi) is 12.1. The third-order valence-corrected chi connectivity index (χ3v) is 8.75. The van der Waals surface area contributed by atoms with Gasteiger partial charge in [0.15, 0.2) is 0 Å². The molecule has 3 aromatic rings. The van der Waals surface area contributed by atoms with Crippen LogP contribution in [0.25, 0.3) is 0 Å². The summed E-state index contributed by atoms with van der Waals surface area (Å²) in [5.74, 6) is -1.07. The number of halogens is 2. The smallest absolute Gasteiger partial charge is 0.306 e. The zero-order valence-electron chi connectivity index (χ0n) is 23.6. The van der Waals surface area contributed by atoms with E-state index < -0.39 is 17.9 Å². The maximum atomic E-state index is 13.7. The first-order chi connectivity index (χ1) is 20.3. The fourth-order valence-electron chi connectivity index (χ4n) is 4.94. The number of para-hydroxylation sites is 1. The van der Waals surface area contributed by atoms with Gasteiger partial charge in [-0.25, -0.2) is 0 Å². The van der Waals surface area contributed by atoms with E-state index in [1.54, 1.807) is 34.4 Å². The quantitative estimate of drug-likeness (QED) is 0.210. The highest BCUT2D eigenvalue weighted by atomic mass is 35.5. The molecule has 2 heterocycles. The monoisotopic (exact) mass is 630 g/mol. The molecule has 2 aromatic carbocycles. The van der Waals surface area contributed by atoms with Gasteiger partial charge in [0, 0.05) is 72.7 Å². The van der Waals surface area contributed by atoms with Crippen molar-refractivity contribution in [2.45, 2.75) is 38.3 Å². The fraction of sp³-hybridized carbons (Fsp3) is 0.387. The minimum atomic E-state index is -0.833. The summed E-state index contributed by atoms with van der Waals surface area (Å²) < 4.78 is 4.64. The van der Waals surface area contributed by atoms with Crippen LogP contribution >= 0.6 is 34.5 Å². The van der Waals surface area contributed by atoms with Crippen LogP contribution in [-0.4, -0.2) is 68.6 Å². The first-order valence-corrected chi connectivity index (χ1v) is 15.6. The summed E-state index contributed by atoms with van der Waals surface area (Å²) in [5, 5.41) is 9.40. The molecule has 4 rings (SSSR count). The molecular weight excluding hydrogens is 595 g/mol. The summed E-state index contributed by atoms with van der Waals surface area (Å²) in [6.07, 6.45) is 1.07. The Hall–Kier alpha value is -3.11. The Balaban J connectivity index is 1.37. The number of thiophene rings is 1. The highest BCUT2D eigenvalue weighted by Gasteiger charge is 2.30. The lowest BCUT2D eigenvalue weighted by Crippen LogP contribution is -2.55. The van der Waals surface area contributed by atoms with E-state index in [1.807, 2.05) is 6.07 Å². The molecule has 0 saturated carbocycles. The molecule has 224 valence electrons. The highest BCUT2D eigenvalue weighted by molar-refractivity contribution is 7.09. The molecule has 0 aliphatic carbocycles. The fourth-order valence-corrected chi connectivity index (χ4v) is 6.13. The number of hydrogen-bond acceptors (Lipinski definition) is 7. The molecule has 1 fully saturated rings. The molecule has 2 N–H and O–H groups in total. The van der Waals surface area contributed by atoms with E-state index in [-0.39, 0.29) is 25.2 Å². The highest BCUT2D eigenvalue weighted by Crippen LogP contribution is 2.24. The number of carbonyl (C=O) groups is 3. The van der Waals surface area contributed by atoms with Crippen molar-refractivity contribution in [3.63, 3.8) is 0 Å². The molecule has 0 spiro atoms. The molecule has 0 radical (unpaired) electrons. The number of anilines is 1. The zero-order chi connectivity index (χ0) is 29.9. The van der Waals surface area contributed by atoms with Gasteiger partial charge in [0.2, 0.25) is 11.8 Å². The van der Waals surface area contributed by atoms with Crippen LogP contribution in [0.1, 0.15) is 28.8 Å². The van der Waals surface area contributed by atoms with Crippen molar-refractivity contribution in [1.29, 1.82) is 0 Å². The van der Waals surface area contributed by atoms with Crippen LogP contribution in [0.4, 0.5) is 5.69 Å². The van der Waals surface area contributed by atoms with Gasteiger partial charge in [-0.3, -0.25) is 14.4 Å². The number of nitrogens with one attached hydrogen (secondary N) is 2. The predicted molar refractivity (Wildman–Crippen MR) is 168 cm³/mol. The number of carbonyl (C=O) groups excluding carboxylic acids is 3. The van der Waals surface area contributed by atoms with Gasteiger partial charge in [0.1, 0.15) is 6.04 Å². The van der Waals surface area contributed by atoms with Crippen molar-refractivity contribution in [3.05, 3.63) is 86.0 Å². The normalized spacial score (nSPS) is 14.0. The molecule has 0 unspecified atom stereocenters. The summed E-state index contributed by atoms with van der Waals surface area (Å²) >= 11 is 14.2. The molecule has 1 aromatic heterocycles. The van der Waals surface area contributed by atoms with Gasteiger partial charge >= 0.3 is 5.97 Å². The second-order valence-electron chi connectivity index (χ2n) is 10.1. The molecule has 1 atom stereocenters. The number of methoxy groups -OCH3 is 1. The summed E-state index contributed by atoms with van der Waals surface area (Å²) in [6.45, 7) is 4.04. The maximum absolute atomic E-state index is 13.7. The van der Waals surface area contributed by atoms with E-state index >= 15 is 0 Å². The topological polar surface area (TPSA) is 91.0 Å². The van der Waals surface area contributed by atoms with Gasteiger partial charge in [-0.1, -0.05) is 53.5 Å². The summed E-state index contributed by atoms with van der Waals surface area (Å²) in [5.41, 5.74) is 3.08. The average molecular weight is 632 g/mol. The summed E-state index contributed by atoms with van der Waals surface area (Å²) in [6, 6.07) is 16.8. The van der Waals surface area contributed by atoms with Crippen LogP contribution in [0.3, 0.4) is 0 Å². The number of piperazine rings is 1. The van der Waals surface area contributed by atoms with E-state index in [0.29, 0.717) is 41.8 Å². The Morgan fingerprint density at radius 3 is 2.48 bits per heavy atom. The molecule has 42 heavy (non-hydrogen) atoms. The van der Waals surface area contributed by atoms with E-state index in [1.165, 1.54) is 17.6 Å². The SMILES string of the molecule is COC(=O)CCC(=O)N[C@H](Cc1ccc(Cl)cc1Cl)C(=O)N1CCN(c2ccccc2CNCCc2cccs2)CC1. The minimum absolute atomic E-state index is 0.0636. The number of esters is 1. The number of amides is 2. The molecule has 11 heteroatoms. The van der Waals surface area contributed by atoms with Gasteiger partial charge in [-0.05, 0) is 47.2 Å². The van der Waals surface area contributed by atoms with Crippen molar-refractivity contribution < 1.29 is 19.1 Å². The molecule has 8 nitrogen and oxygen atoms in total. The first kappa shape index (κ1) is 31.8. The second kappa shape index (κ2) is 15.9. The molecule has 1 saturated heterocycles. The Labute approximate surface area is 260 Å². The molecule has 1 aliphatic rings. The Morgan fingerprint density at radius 1 is 0.976 bits per heavy atom. The van der Waals surface area contributed by atoms with E-state index in [9.17, 15) is 14.4 Å². The number of nitrogens with zero attached hydrogens (tertiary/aromatic N) is 2. The van der Waals surface area contributed by atoms with Crippen LogP contribution in [0.15, 0.2) is 60.0 Å². The van der Waals surface area contributed by atoms with Crippen molar-refractivity contribution in [2.24, 2.45) is 0 Å². The molecule has 1 aliphatic heterocycles. The summed E-state index contributed by atoms with van der Waals surface area (Å²) in [4.78, 5) is 43.4. The zero-order valence-corrected chi connectivity index (χ0v) is 25.9. The van der Waals surface area contributed by atoms with Crippen LogP contribution < -0.4 is 15.5 Å². The lowest BCUT2D eigenvalue weighted by molar-refractivity contribution is -0.142. The van der Waals surface area contributed by atoms with Crippen LogP contribution in [0.2, 0.25) is 10.0 Å². The summed E-state index contributed by atoms with van der Waals surface area (Å²) in [7, 11) is 1.27. The third kappa shape index (κ3) is 9.19. The number of hydrogen-bond donors (Lipinski definition) is 2. The minimum Gasteiger partial charge on any atom is -0.469 e. The lowest BCUT2D eigenvalue weighted by atomic mass is 10.0. The Bertz CT molecular complexity index is 1350. The van der Waals surface area contributed by atoms with Gasteiger partial charge in [0.25, 0.3) is 0 Å². The average Bonchev–Trinajstić information content (AvgIpc) is 3.52. The number of rotatable bonds is 13. The van der Waals surface area contributed by atoms with Gasteiger partial charge in [-0.2, -0.15) is 0 Å². The van der Waals surface area contributed by atoms with Gasteiger partial charge in [0.05, 0.1) is 13.5 Å². The van der Waals surface area contributed by atoms with Crippen LogP contribution in [-0.2, 0) is 38.5 Å². The molecule has 0 bridgehead atoms. The largest absolute Gasteiger partial charge is 0.469 e. The van der Waals surface area contributed by atoms with Crippen LogP contribution in [0.5, 0.6) is 0 Å². The van der Waals surface area contributed by atoms with Crippen molar-refractivity contribution in [1.82, 2.24) is 15.5 Å². The van der Waals surface area contributed by atoms with Gasteiger partial charge < -0.3 is 25.2 Å². The second-order valence-corrected chi connectivity index (χ2v) is 12.0. The molecular formula is C31H36Cl2N4O4S. The lowest BCUT2D eigenvalue weighted by Gasteiger charge is -2.38. The maximum Gasteiger partial charge on any atom is 0.306 e. The molecule has 2 amide bonds. The van der Waals surface area contributed by atoms with Gasteiger partial charge in [-0.15, -0.1) is 11.3 Å². The number of ether oxygens (including phenoxy) is 1. The van der Waals surface area contributed by atoms with E-state index in [2.05, 4.69) is 56.0 Å². The van der Waals surface area contributed by atoms with Crippen molar-refractivity contribution in [3.8, 4) is 0 Å². The third-order valence-electron chi connectivity index (χ3n) is 7.22. The van der Waals surface area contributed by atoms with E-state index in [0.717, 1.165) is 25.2 Å². The predicted octanol–water partition coefficient (Wildman–Crippen LogP) is 4.72. The van der Waals surface area contributed by atoms with E-state index in [4.69, 9.17) is 23.2 Å².